The molecule has 0 aromatic rings. The predicted octanol–water partition coefficient (Wildman–Crippen LogP) is -1.02. The first-order valence-corrected chi connectivity index (χ1v) is 5.52. The monoisotopic (exact) mass is 269 g/mol. The fourth-order valence-electron chi connectivity index (χ4n) is 1.63. The molecule has 0 atom stereocenters. The van der Waals surface area contributed by atoms with E-state index in [-0.39, 0.29) is 13.1 Å². The van der Waals surface area contributed by atoms with Crippen LogP contribution in [0, 0.1) is 0 Å². The second kappa shape index (κ2) is 5.98. The van der Waals surface area contributed by atoms with Crippen LogP contribution < -0.4 is 0 Å². The van der Waals surface area contributed by atoms with Gasteiger partial charge in [-0.3, -0.25) is 19.3 Å². The van der Waals surface area contributed by atoms with Crippen LogP contribution in [-0.2, 0) is 14.4 Å². The number of imide groups is 1. The molecular weight excluding hydrogens is 254 g/mol. The number of rotatable bonds is 6. The van der Waals surface area contributed by atoms with Crippen LogP contribution in [0.4, 0.5) is 4.79 Å². The third-order valence-electron chi connectivity index (χ3n) is 2.55. The molecule has 0 aromatic heterocycles. The minimum Gasteiger partial charge on any atom is -0.480 e. The largest absolute Gasteiger partial charge is 0.480 e. The van der Waals surface area contributed by atoms with Crippen molar-refractivity contribution in [2.45, 2.75) is 0 Å². The third kappa shape index (κ3) is 3.54. The van der Waals surface area contributed by atoms with Gasteiger partial charge in [0.2, 0.25) is 5.91 Å². The van der Waals surface area contributed by atoms with Gasteiger partial charge in [-0.1, -0.05) is 6.08 Å². The van der Waals surface area contributed by atoms with Gasteiger partial charge in [-0.15, -0.1) is 6.58 Å². The van der Waals surface area contributed by atoms with E-state index in [1.807, 2.05) is 0 Å². The van der Waals surface area contributed by atoms with Crippen LogP contribution in [0.25, 0.3) is 0 Å². The fourth-order valence-corrected chi connectivity index (χ4v) is 1.63. The Balaban J connectivity index is 2.71. The fraction of sp³-hybridized carbons (Fsp3) is 0.455. The quantitative estimate of drug-likeness (QED) is 0.491. The van der Waals surface area contributed by atoms with Gasteiger partial charge < -0.3 is 14.9 Å². The summed E-state index contributed by atoms with van der Waals surface area (Å²) in [6.07, 6.45) is 1.38. The second-order valence-electron chi connectivity index (χ2n) is 4.08. The number of nitrogens with zero attached hydrogens (tertiary/aromatic N) is 3. The number of carboxylic acids is 1. The number of urea groups is 1. The molecule has 4 amide bonds. The van der Waals surface area contributed by atoms with Crippen LogP contribution in [-0.4, -0.2) is 76.8 Å². The van der Waals surface area contributed by atoms with Gasteiger partial charge in [0.25, 0.3) is 5.91 Å². The predicted molar refractivity (Wildman–Crippen MR) is 64.2 cm³/mol. The molecule has 19 heavy (non-hydrogen) atoms. The summed E-state index contributed by atoms with van der Waals surface area (Å²) in [7, 11) is 1.45. The lowest BCUT2D eigenvalue weighted by molar-refractivity contribution is -0.144. The van der Waals surface area contributed by atoms with Crippen LogP contribution >= 0.6 is 0 Å². The topological polar surface area (TPSA) is 98.2 Å². The molecule has 0 bridgehead atoms. The number of amides is 4. The van der Waals surface area contributed by atoms with Crippen molar-refractivity contribution in [3.8, 4) is 0 Å². The summed E-state index contributed by atoms with van der Waals surface area (Å²) in [6, 6.07) is -0.563. The molecule has 104 valence electrons. The molecular formula is C11H15N3O5. The van der Waals surface area contributed by atoms with E-state index in [2.05, 4.69) is 6.58 Å². The summed E-state index contributed by atoms with van der Waals surface area (Å²) in [6.45, 7) is 2.43. The number of carbonyl (C=O) groups excluding carboxylic acids is 3. The van der Waals surface area contributed by atoms with Crippen LogP contribution in [0.5, 0.6) is 0 Å². The van der Waals surface area contributed by atoms with Crippen molar-refractivity contribution >= 4 is 23.8 Å². The van der Waals surface area contributed by atoms with Gasteiger partial charge in [0.1, 0.15) is 19.6 Å². The van der Waals surface area contributed by atoms with Gasteiger partial charge >= 0.3 is 12.0 Å². The summed E-state index contributed by atoms with van der Waals surface area (Å²) in [4.78, 5) is 48.6. The summed E-state index contributed by atoms with van der Waals surface area (Å²) in [5.74, 6) is -2.26. The van der Waals surface area contributed by atoms with E-state index in [0.717, 1.165) is 9.80 Å². The smallest absolute Gasteiger partial charge is 0.327 e. The van der Waals surface area contributed by atoms with Gasteiger partial charge in [-0.25, -0.2) is 4.79 Å². The Morgan fingerprint density at radius 3 is 2.53 bits per heavy atom. The minimum atomic E-state index is -1.17. The highest BCUT2D eigenvalue weighted by Gasteiger charge is 2.35. The van der Waals surface area contributed by atoms with E-state index in [4.69, 9.17) is 5.11 Å². The maximum absolute atomic E-state index is 11.9. The summed E-state index contributed by atoms with van der Waals surface area (Å²) in [5, 5.41) is 8.68. The lowest BCUT2D eigenvalue weighted by Gasteiger charge is -2.21. The molecule has 1 aliphatic heterocycles. The summed E-state index contributed by atoms with van der Waals surface area (Å²) >= 11 is 0. The van der Waals surface area contributed by atoms with Crippen molar-refractivity contribution < 1.29 is 24.3 Å². The van der Waals surface area contributed by atoms with Crippen molar-refractivity contribution in [1.82, 2.24) is 14.7 Å². The molecule has 1 aliphatic rings. The van der Waals surface area contributed by atoms with E-state index in [0.29, 0.717) is 0 Å². The second-order valence-corrected chi connectivity index (χ2v) is 4.08. The highest BCUT2D eigenvalue weighted by Crippen LogP contribution is 2.08. The standard InChI is InChI=1S/C11H15N3O5/c1-3-4-13(7-10(17)18)8(15)6-14-9(16)5-12(2)11(14)19/h3H,1,4-7H2,2H3,(H,17,18). The zero-order chi connectivity index (χ0) is 14.6. The van der Waals surface area contributed by atoms with Crippen LogP contribution in [0.15, 0.2) is 12.7 Å². The Labute approximate surface area is 109 Å². The number of hydrogen-bond acceptors (Lipinski definition) is 4. The molecule has 1 heterocycles. The van der Waals surface area contributed by atoms with Gasteiger partial charge in [-0.2, -0.15) is 0 Å². The van der Waals surface area contributed by atoms with Crippen molar-refractivity contribution in [2.24, 2.45) is 0 Å². The maximum atomic E-state index is 11.9. The molecule has 0 aromatic carbocycles. The van der Waals surface area contributed by atoms with Crippen LogP contribution in [0.2, 0.25) is 0 Å². The average molecular weight is 269 g/mol. The van der Waals surface area contributed by atoms with Crippen molar-refractivity contribution in [2.75, 3.05) is 33.2 Å². The average Bonchev–Trinajstić information content (AvgIpc) is 2.55. The normalized spacial score (nSPS) is 14.8. The zero-order valence-electron chi connectivity index (χ0n) is 10.5. The molecule has 1 N–H and O–H groups in total. The molecule has 8 heteroatoms. The van der Waals surface area contributed by atoms with Crippen molar-refractivity contribution in [3.05, 3.63) is 12.7 Å². The minimum absolute atomic E-state index is 0.0389. The molecule has 0 unspecified atom stereocenters. The van der Waals surface area contributed by atoms with Crippen molar-refractivity contribution in [1.29, 1.82) is 0 Å². The highest BCUT2D eigenvalue weighted by molar-refractivity contribution is 6.04. The highest BCUT2D eigenvalue weighted by atomic mass is 16.4. The molecule has 0 saturated carbocycles. The Bertz CT molecular complexity index is 434. The van der Waals surface area contributed by atoms with Gasteiger partial charge in [0.15, 0.2) is 0 Å². The number of likely N-dealkylation sites (N-methyl/N-ethyl adjacent to an activating group) is 1. The van der Waals surface area contributed by atoms with Gasteiger partial charge in [0, 0.05) is 13.6 Å². The lowest BCUT2D eigenvalue weighted by atomic mass is 10.4. The maximum Gasteiger partial charge on any atom is 0.327 e. The van der Waals surface area contributed by atoms with Crippen LogP contribution in [0.1, 0.15) is 0 Å². The van der Waals surface area contributed by atoms with E-state index >= 15 is 0 Å². The van der Waals surface area contributed by atoms with E-state index in [1.54, 1.807) is 0 Å². The Kier molecular flexibility index (Phi) is 4.62. The molecule has 0 aliphatic carbocycles. The van der Waals surface area contributed by atoms with Crippen molar-refractivity contribution in [3.63, 3.8) is 0 Å². The molecule has 1 saturated heterocycles. The molecule has 8 nitrogen and oxygen atoms in total. The van der Waals surface area contributed by atoms with Crippen LogP contribution in [0.3, 0.4) is 0 Å². The SMILES string of the molecule is C=CCN(CC(=O)O)C(=O)CN1C(=O)CN(C)C1=O. The number of aliphatic carboxylic acids is 1. The van der Waals surface area contributed by atoms with Gasteiger partial charge in [0.05, 0.1) is 0 Å². The summed E-state index contributed by atoms with van der Waals surface area (Å²) < 4.78 is 0. The Morgan fingerprint density at radius 2 is 2.11 bits per heavy atom. The van der Waals surface area contributed by atoms with Gasteiger partial charge in [-0.05, 0) is 0 Å². The lowest BCUT2D eigenvalue weighted by Crippen LogP contribution is -2.45. The van der Waals surface area contributed by atoms with E-state index in [9.17, 15) is 19.2 Å². The third-order valence-corrected chi connectivity index (χ3v) is 2.55. The Hall–Kier alpha value is -2.38. The first kappa shape index (κ1) is 14.7. The molecule has 1 rings (SSSR count). The van der Waals surface area contributed by atoms with E-state index in [1.165, 1.54) is 18.0 Å². The molecule has 0 spiro atoms. The number of carbonyl (C=O) groups is 4. The Morgan fingerprint density at radius 1 is 1.47 bits per heavy atom. The van der Waals surface area contributed by atoms with E-state index < -0.39 is 36.9 Å². The number of hydrogen-bond donors (Lipinski definition) is 1. The zero-order valence-corrected chi connectivity index (χ0v) is 10.5. The number of carboxylic acid groups (broad SMARTS) is 1. The first-order chi connectivity index (χ1) is 8.86. The molecule has 0 radical (unpaired) electrons. The first-order valence-electron chi connectivity index (χ1n) is 5.52. The molecule has 1 fully saturated rings. The summed E-state index contributed by atoms with van der Waals surface area (Å²) in [5.41, 5.74) is 0.